The number of carbonyl (C=O) groups is 1. The topological polar surface area (TPSA) is 69.7 Å². The molecule has 178 valence electrons. The predicted octanol–water partition coefficient (Wildman–Crippen LogP) is 3.82. The molecule has 0 atom stereocenters. The minimum atomic E-state index is -3.43. The molecule has 6 nitrogen and oxygen atoms in total. The lowest BCUT2D eigenvalue weighted by Crippen LogP contribution is -2.50. The summed E-state index contributed by atoms with van der Waals surface area (Å²) in [5, 5.41) is 3.42. The number of anilines is 1. The summed E-state index contributed by atoms with van der Waals surface area (Å²) in [4.78, 5) is 14.5. The molecule has 1 heterocycles. The molecule has 8 heteroatoms. The molecule has 0 bridgehead atoms. The Hall–Kier alpha value is -2.87. The number of piperazine rings is 1. The average Bonchev–Trinajstić information content (AvgIpc) is 2.85. The second kappa shape index (κ2) is 11.0. The number of sulfonamides is 1. The van der Waals surface area contributed by atoms with E-state index in [2.05, 4.69) is 10.2 Å². The van der Waals surface area contributed by atoms with Crippen molar-refractivity contribution in [1.82, 2.24) is 9.62 Å². The van der Waals surface area contributed by atoms with Crippen LogP contribution in [0.4, 0.5) is 5.69 Å². The summed E-state index contributed by atoms with van der Waals surface area (Å²) >= 11 is 5.94. The number of halogens is 1. The molecule has 0 aromatic heterocycles. The van der Waals surface area contributed by atoms with Crippen molar-refractivity contribution in [2.24, 2.45) is 0 Å². The van der Waals surface area contributed by atoms with E-state index in [0.29, 0.717) is 31.2 Å². The van der Waals surface area contributed by atoms with Gasteiger partial charge in [0.1, 0.15) is 0 Å². The number of amides is 1. The van der Waals surface area contributed by atoms with Gasteiger partial charge in [-0.1, -0.05) is 66.2 Å². The molecule has 1 amide bonds. The fourth-order valence-electron chi connectivity index (χ4n) is 4.02. The van der Waals surface area contributed by atoms with Crippen LogP contribution in [0.2, 0.25) is 5.02 Å². The van der Waals surface area contributed by atoms with Crippen molar-refractivity contribution < 1.29 is 13.2 Å². The number of nitrogens with one attached hydrogen (secondary N) is 1. The van der Waals surface area contributed by atoms with Crippen molar-refractivity contribution in [1.29, 1.82) is 0 Å². The van der Waals surface area contributed by atoms with E-state index >= 15 is 0 Å². The van der Waals surface area contributed by atoms with Crippen LogP contribution >= 0.6 is 11.6 Å². The van der Waals surface area contributed by atoms with E-state index in [4.69, 9.17) is 11.6 Å². The molecule has 1 fully saturated rings. The monoisotopic (exact) mass is 497 g/mol. The Labute approximate surface area is 206 Å². The van der Waals surface area contributed by atoms with Gasteiger partial charge in [0.2, 0.25) is 15.9 Å². The molecule has 1 aliphatic rings. The predicted molar refractivity (Wildman–Crippen MR) is 138 cm³/mol. The van der Waals surface area contributed by atoms with Crippen molar-refractivity contribution in [3.63, 3.8) is 0 Å². The Bertz CT molecular complexity index is 1190. The van der Waals surface area contributed by atoms with Gasteiger partial charge in [0.15, 0.2) is 0 Å². The van der Waals surface area contributed by atoms with Gasteiger partial charge >= 0.3 is 0 Å². The van der Waals surface area contributed by atoms with Crippen molar-refractivity contribution in [3.8, 4) is 11.1 Å². The molecule has 0 spiro atoms. The molecule has 3 aromatic carbocycles. The lowest BCUT2D eigenvalue weighted by Gasteiger charge is -2.35. The number of carbonyl (C=O) groups excluding carboxylic acids is 1. The van der Waals surface area contributed by atoms with Gasteiger partial charge in [0, 0.05) is 43.4 Å². The van der Waals surface area contributed by atoms with Crippen LogP contribution in [0.3, 0.4) is 0 Å². The molecular weight excluding hydrogens is 470 g/mol. The van der Waals surface area contributed by atoms with Crippen LogP contribution in [0.5, 0.6) is 0 Å². The lowest BCUT2D eigenvalue weighted by atomic mass is 10.0. The number of hydrogen-bond donors (Lipinski definition) is 1. The zero-order chi connectivity index (χ0) is 24.0. The van der Waals surface area contributed by atoms with Crippen LogP contribution in [0.15, 0.2) is 78.9 Å². The summed E-state index contributed by atoms with van der Waals surface area (Å²) in [6.07, 6.45) is 0.217. The third kappa shape index (κ3) is 6.38. The first-order valence-electron chi connectivity index (χ1n) is 11.3. The first-order chi connectivity index (χ1) is 16.4. The largest absolute Gasteiger partial charge is 0.369 e. The normalized spacial score (nSPS) is 14.7. The Morgan fingerprint density at radius 3 is 2.09 bits per heavy atom. The van der Waals surface area contributed by atoms with Crippen LogP contribution in [0, 0.1) is 0 Å². The molecular formula is C26H28ClN3O3S. The maximum absolute atomic E-state index is 12.7. The summed E-state index contributed by atoms with van der Waals surface area (Å²) in [5.41, 5.74) is 4.13. The lowest BCUT2D eigenvalue weighted by molar-refractivity contribution is -0.120. The third-order valence-corrected chi connectivity index (χ3v) is 8.06. The van der Waals surface area contributed by atoms with Gasteiger partial charge in [-0.05, 0) is 41.0 Å². The van der Waals surface area contributed by atoms with Gasteiger partial charge in [-0.15, -0.1) is 0 Å². The quantitative estimate of drug-likeness (QED) is 0.513. The minimum Gasteiger partial charge on any atom is -0.369 e. The van der Waals surface area contributed by atoms with Gasteiger partial charge < -0.3 is 10.2 Å². The highest BCUT2D eigenvalue weighted by Crippen LogP contribution is 2.21. The Morgan fingerprint density at radius 2 is 1.44 bits per heavy atom. The maximum atomic E-state index is 12.7. The van der Waals surface area contributed by atoms with E-state index in [1.165, 1.54) is 4.31 Å². The van der Waals surface area contributed by atoms with Crippen molar-refractivity contribution in [2.45, 2.75) is 6.42 Å². The van der Waals surface area contributed by atoms with Crippen molar-refractivity contribution in [3.05, 3.63) is 89.4 Å². The van der Waals surface area contributed by atoms with E-state index in [1.807, 2.05) is 78.9 Å². The number of hydrogen-bond acceptors (Lipinski definition) is 4. The molecule has 0 saturated carbocycles. The van der Waals surface area contributed by atoms with Gasteiger partial charge in [-0.25, -0.2) is 8.42 Å². The second-order valence-electron chi connectivity index (χ2n) is 8.27. The van der Waals surface area contributed by atoms with Gasteiger partial charge in [-0.3, -0.25) is 4.79 Å². The van der Waals surface area contributed by atoms with Crippen molar-refractivity contribution in [2.75, 3.05) is 43.4 Å². The first-order valence-corrected chi connectivity index (χ1v) is 13.3. The Morgan fingerprint density at radius 1 is 0.824 bits per heavy atom. The molecule has 0 radical (unpaired) electrons. The second-order valence-corrected chi connectivity index (χ2v) is 10.8. The number of rotatable bonds is 8. The molecule has 1 N–H and O–H groups in total. The van der Waals surface area contributed by atoms with Crippen LogP contribution in [0.25, 0.3) is 11.1 Å². The van der Waals surface area contributed by atoms with Crippen molar-refractivity contribution >= 4 is 33.2 Å². The summed E-state index contributed by atoms with van der Waals surface area (Å²) < 4.78 is 27.0. The van der Waals surface area contributed by atoms with Gasteiger partial charge in [-0.2, -0.15) is 4.31 Å². The number of benzene rings is 3. The Balaban J connectivity index is 1.21. The SMILES string of the molecule is O=C(Cc1ccc(-c2ccccc2)cc1)NCCS(=O)(=O)N1CCN(c2ccc(Cl)cc2)CC1. The van der Waals surface area contributed by atoms with Crippen LogP contribution in [-0.2, 0) is 21.2 Å². The summed E-state index contributed by atoms with van der Waals surface area (Å²) in [7, 11) is -3.43. The fourth-order valence-corrected chi connectivity index (χ4v) is 5.48. The highest BCUT2D eigenvalue weighted by Gasteiger charge is 2.26. The van der Waals surface area contributed by atoms with E-state index in [0.717, 1.165) is 22.4 Å². The van der Waals surface area contributed by atoms with E-state index in [9.17, 15) is 13.2 Å². The van der Waals surface area contributed by atoms with E-state index in [1.54, 1.807) is 0 Å². The molecule has 34 heavy (non-hydrogen) atoms. The molecule has 1 saturated heterocycles. The highest BCUT2D eigenvalue weighted by molar-refractivity contribution is 7.89. The average molecular weight is 498 g/mol. The van der Waals surface area contributed by atoms with Crippen LogP contribution < -0.4 is 10.2 Å². The number of nitrogens with zero attached hydrogens (tertiary/aromatic N) is 2. The summed E-state index contributed by atoms with van der Waals surface area (Å²) in [6.45, 7) is 2.18. The molecule has 1 aliphatic heterocycles. The standard InChI is InChI=1S/C26H28ClN3O3S/c27-24-10-12-25(13-11-24)29-15-17-30(18-16-29)34(32,33)19-14-28-26(31)20-21-6-8-23(9-7-21)22-4-2-1-3-5-22/h1-13H,14-20H2,(H,28,31). The molecule has 4 rings (SSSR count). The zero-order valence-electron chi connectivity index (χ0n) is 18.9. The molecule has 0 aliphatic carbocycles. The van der Waals surface area contributed by atoms with Gasteiger partial charge in [0.25, 0.3) is 0 Å². The van der Waals surface area contributed by atoms with E-state index in [-0.39, 0.29) is 24.6 Å². The maximum Gasteiger partial charge on any atom is 0.224 e. The summed E-state index contributed by atoms with van der Waals surface area (Å²) in [5.74, 6) is -0.290. The molecule has 3 aromatic rings. The highest BCUT2D eigenvalue weighted by atomic mass is 35.5. The summed E-state index contributed by atoms with van der Waals surface area (Å²) in [6, 6.07) is 25.4. The van der Waals surface area contributed by atoms with E-state index < -0.39 is 10.0 Å². The van der Waals surface area contributed by atoms with Crippen LogP contribution in [-0.4, -0.2) is 57.1 Å². The van der Waals surface area contributed by atoms with Crippen LogP contribution in [0.1, 0.15) is 5.56 Å². The van der Waals surface area contributed by atoms with Gasteiger partial charge in [0.05, 0.1) is 12.2 Å². The minimum absolute atomic E-state index is 0.0979. The Kier molecular flexibility index (Phi) is 7.88. The third-order valence-electron chi connectivity index (χ3n) is 5.93. The first kappa shape index (κ1) is 24.3. The zero-order valence-corrected chi connectivity index (χ0v) is 20.4. The smallest absolute Gasteiger partial charge is 0.224 e. The fraction of sp³-hybridized carbons (Fsp3) is 0.269. The molecule has 0 unspecified atom stereocenters.